The summed E-state index contributed by atoms with van der Waals surface area (Å²) in [6, 6.07) is 0. The van der Waals surface area contributed by atoms with E-state index in [9.17, 15) is 4.79 Å². The van der Waals surface area contributed by atoms with Crippen LogP contribution in [-0.2, 0) is 0 Å². The summed E-state index contributed by atoms with van der Waals surface area (Å²) in [6.07, 6.45) is 0. The van der Waals surface area contributed by atoms with Crippen LogP contribution in [0.4, 0.5) is 0 Å². The first kappa shape index (κ1) is 12.2. The Kier molecular flexibility index (Phi) is 3.55. The van der Waals surface area contributed by atoms with Crippen molar-refractivity contribution in [1.29, 1.82) is 0 Å². The predicted octanol–water partition coefficient (Wildman–Crippen LogP) is 3.59. The van der Waals surface area contributed by atoms with Gasteiger partial charge < -0.3 is 4.74 Å². The second-order valence-electron chi connectivity index (χ2n) is 3.65. The number of halogens is 1. The van der Waals surface area contributed by atoms with Crippen molar-refractivity contribution in [2.45, 2.75) is 27.7 Å². The first-order valence-corrected chi connectivity index (χ1v) is 5.55. The summed E-state index contributed by atoms with van der Waals surface area (Å²) in [7, 11) is 1.60. The van der Waals surface area contributed by atoms with Crippen LogP contribution in [0.3, 0.4) is 0 Å². The minimum atomic E-state index is 0.0353. The lowest BCUT2D eigenvalue weighted by atomic mass is 9.97. The molecule has 1 aromatic carbocycles. The molecule has 0 atom stereocenters. The maximum absolute atomic E-state index is 11.6. The third-order valence-corrected chi connectivity index (χ3v) is 3.91. The number of ketones is 1. The summed E-state index contributed by atoms with van der Waals surface area (Å²) in [4.78, 5) is 11.6. The molecule has 2 nitrogen and oxygen atoms in total. The van der Waals surface area contributed by atoms with Gasteiger partial charge in [0.25, 0.3) is 0 Å². The van der Waals surface area contributed by atoms with E-state index < -0.39 is 0 Å². The van der Waals surface area contributed by atoms with E-state index in [1.165, 1.54) is 0 Å². The molecular formula is C12H15BrO2. The maximum atomic E-state index is 11.6. The molecule has 0 aliphatic carbocycles. The van der Waals surface area contributed by atoms with Gasteiger partial charge in [0, 0.05) is 4.47 Å². The van der Waals surface area contributed by atoms with Crippen molar-refractivity contribution in [2.24, 2.45) is 0 Å². The molecule has 0 unspecified atom stereocenters. The maximum Gasteiger partial charge on any atom is 0.163 e. The average molecular weight is 271 g/mol. The molecule has 0 amide bonds. The molecule has 0 aliphatic rings. The van der Waals surface area contributed by atoms with E-state index in [1.807, 2.05) is 20.8 Å². The average Bonchev–Trinajstić information content (AvgIpc) is 2.19. The lowest BCUT2D eigenvalue weighted by Crippen LogP contribution is -2.05. The molecule has 0 bridgehead atoms. The Morgan fingerprint density at radius 2 is 1.67 bits per heavy atom. The van der Waals surface area contributed by atoms with Crippen molar-refractivity contribution >= 4 is 21.7 Å². The summed E-state index contributed by atoms with van der Waals surface area (Å²) in [5.74, 6) is 0.730. The molecule has 0 radical (unpaired) electrons. The van der Waals surface area contributed by atoms with E-state index in [-0.39, 0.29) is 5.78 Å². The number of carbonyl (C=O) groups is 1. The van der Waals surface area contributed by atoms with E-state index in [2.05, 4.69) is 15.9 Å². The number of rotatable bonds is 2. The van der Waals surface area contributed by atoms with Gasteiger partial charge in [-0.15, -0.1) is 0 Å². The van der Waals surface area contributed by atoms with Gasteiger partial charge in [0.2, 0.25) is 0 Å². The largest absolute Gasteiger partial charge is 0.496 e. The van der Waals surface area contributed by atoms with Gasteiger partial charge in [-0.2, -0.15) is 0 Å². The fraction of sp³-hybridized carbons (Fsp3) is 0.417. The summed E-state index contributed by atoms with van der Waals surface area (Å²) >= 11 is 3.50. The Labute approximate surface area is 98.8 Å². The molecular weight excluding hydrogens is 256 g/mol. The Morgan fingerprint density at radius 1 is 1.13 bits per heavy atom. The van der Waals surface area contributed by atoms with Crippen LogP contribution in [0, 0.1) is 20.8 Å². The third-order valence-electron chi connectivity index (χ3n) is 2.72. The summed E-state index contributed by atoms with van der Waals surface area (Å²) in [6.45, 7) is 7.46. The van der Waals surface area contributed by atoms with Gasteiger partial charge in [-0.05, 0) is 44.4 Å². The highest BCUT2D eigenvalue weighted by atomic mass is 79.9. The van der Waals surface area contributed by atoms with Crippen molar-refractivity contribution in [2.75, 3.05) is 7.11 Å². The first-order valence-electron chi connectivity index (χ1n) is 4.76. The molecule has 0 saturated carbocycles. The molecule has 0 aromatic heterocycles. The monoisotopic (exact) mass is 270 g/mol. The Balaban J connectivity index is 3.70. The summed E-state index contributed by atoms with van der Waals surface area (Å²) in [5, 5.41) is 0. The van der Waals surface area contributed by atoms with Crippen LogP contribution in [0.25, 0.3) is 0 Å². The molecule has 0 N–H and O–H groups in total. The van der Waals surface area contributed by atoms with E-state index in [4.69, 9.17) is 4.74 Å². The standard InChI is InChI=1S/C12H15BrO2/c1-6-7(2)12(15-5)10(9(4)14)8(3)11(6)13/h1-5H3. The van der Waals surface area contributed by atoms with Crippen LogP contribution in [0.1, 0.15) is 34.0 Å². The fourth-order valence-electron chi connectivity index (χ4n) is 1.76. The van der Waals surface area contributed by atoms with Crippen LogP contribution >= 0.6 is 15.9 Å². The fourth-order valence-corrected chi connectivity index (χ4v) is 2.26. The number of Topliss-reactive ketones (excluding diaryl/α,β-unsaturated/α-hetero) is 1. The van der Waals surface area contributed by atoms with Gasteiger partial charge in [0.15, 0.2) is 5.78 Å². The number of carbonyl (C=O) groups excluding carboxylic acids is 1. The number of ether oxygens (including phenoxy) is 1. The van der Waals surface area contributed by atoms with Crippen LogP contribution in [0.2, 0.25) is 0 Å². The van der Waals surface area contributed by atoms with Crippen molar-refractivity contribution in [1.82, 2.24) is 0 Å². The highest BCUT2D eigenvalue weighted by Gasteiger charge is 2.19. The third kappa shape index (κ3) is 1.93. The Hall–Kier alpha value is -0.830. The zero-order valence-corrected chi connectivity index (χ0v) is 11.3. The van der Waals surface area contributed by atoms with E-state index in [0.29, 0.717) is 11.3 Å². The summed E-state index contributed by atoms with van der Waals surface area (Å²) in [5.41, 5.74) is 3.75. The molecule has 0 saturated heterocycles. The van der Waals surface area contributed by atoms with Crippen molar-refractivity contribution in [3.63, 3.8) is 0 Å². The molecule has 1 aromatic rings. The Bertz CT molecular complexity index is 422. The van der Waals surface area contributed by atoms with E-state index >= 15 is 0 Å². The second kappa shape index (κ2) is 4.35. The van der Waals surface area contributed by atoms with Crippen LogP contribution in [0.5, 0.6) is 5.75 Å². The SMILES string of the molecule is COc1c(C)c(C)c(Br)c(C)c1C(C)=O. The van der Waals surface area contributed by atoms with Gasteiger partial charge in [-0.1, -0.05) is 15.9 Å². The number of methoxy groups -OCH3 is 1. The Morgan fingerprint density at radius 3 is 2.07 bits per heavy atom. The van der Waals surface area contributed by atoms with Crippen molar-refractivity contribution in [3.05, 3.63) is 26.7 Å². The molecule has 1 rings (SSSR count). The van der Waals surface area contributed by atoms with Gasteiger partial charge in [-0.25, -0.2) is 0 Å². The van der Waals surface area contributed by atoms with Gasteiger partial charge in [0.05, 0.1) is 12.7 Å². The van der Waals surface area contributed by atoms with E-state index in [0.717, 1.165) is 21.2 Å². The van der Waals surface area contributed by atoms with Crippen LogP contribution in [0.15, 0.2) is 4.47 Å². The van der Waals surface area contributed by atoms with Gasteiger partial charge in [0.1, 0.15) is 5.75 Å². The molecule has 15 heavy (non-hydrogen) atoms. The van der Waals surface area contributed by atoms with Crippen molar-refractivity contribution in [3.8, 4) is 5.75 Å². The second-order valence-corrected chi connectivity index (χ2v) is 4.45. The smallest absolute Gasteiger partial charge is 0.163 e. The molecule has 0 heterocycles. The van der Waals surface area contributed by atoms with Gasteiger partial charge in [-0.3, -0.25) is 4.79 Å². The lowest BCUT2D eigenvalue weighted by molar-refractivity contribution is 0.101. The summed E-state index contributed by atoms with van der Waals surface area (Å²) < 4.78 is 6.30. The van der Waals surface area contributed by atoms with Crippen LogP contribution in [-0.4, -0.2) is 12.9 Å². The highest BCUT2D eigenvalue weighted by molar-refractivity contribution is 9.10. The lowest BCUT2D eigenvalue weighted by Gasteiger charge is -2.16. The molecule has 0 fully saturated rings. The topological polar surface area (TPSA) is 26.3 Å². The molecule has 0 aliphatic heterocycles. The van der Waals surface area contributed by atoms with Crippen molar-refractivity contribution < 1.29 is 9.53 Å². The zero-order valence-electron chi connectivity index (χ0n) is 9.69. The zero-order chi connectivity index (χ0) is 11.7. The first-order chi connectivity index (χ1) is 6.91. The van der Waals surface area contributed by atoms with Crippen LogP contribution < -0.4 is 4.74 Å². The molecule has 0 spiro atoms. The minimum Gasteiger partial charge on any atom is -0.496 e. The quantitative estimate of drug-likeness (QED) is 0.768. The minimum absolute atomic E-state index is 0.0353. The normalized spacial score (nSPS) is 10.3. The number of hydrogen-bond acceptors (Lipinski definition) is 2. The van der Waals surface area contributed by atoms with E-state index in [1.54, 1.807) is 14.0 Å². The number of hydrogen-bond donors (Lipinski definition) is 0. The highest BCUT2D eigenvalue weighted by Crippen LogP contribution is 2.36. The molecule has 82 valence electrons. The molecule has 3 heteroatoms. The number of benzene rings is 1. The predicted molar refractivity (Wildman–Crippen MR) is 64.9 cm³/mol. The van der Waals surface area contributed by atoms with Gasteiger partial charge >= 0.3 is 0 Å².